The Morgan fingerprint density at radius 2 is 2.21 bits per heavy atom. The van der Waals surface area contributed by atoms with Gasteiger partial charge < -0.3 is 13.6 Å². The molecule has 0 fully saturated rings. The third-order valence-corrected chi connectivity index (χ3v) is 3.14. The summed E-state index contributed by atoms with van der Waals surface area (Å²) in [5.74, 6) is 5.45. The molecule has 0 bridgehead atoms. The van der Waals surface area contributed by atoms with Crippen molar-refractivity contribution in [3.63, 3.8) is 0 Å². The van der Waals surface area contributed by atoms with Crippen molar-refractivity contribution in [2.24, 2.45) is 5.84 Å². The van der Waals surface area contributed by atoms with Crippen molar-refractivity contribution >= 4 is 27.8 Å². The van der Waals surface area contributed by atoms with E-state index >= 15 is 0 Å². The van der Waals surface area contributed by atoms with Crippen molar-refractivity contribution in [1.29, 1.82) is 0 Å². The zero-order valence-corrected chi connectivity index (χ0v) is 10.4. The number of ether oxygens (including phenoxy) is 1. The molecular weight excluding hydrogens is 248 g/mol. The van der Waals surface area contributed by atoms with E-state index in [4.69, 9.17) is 19.4 Å². The smallest absolute Gasteiger partial charge is 0.301 e. The number of nitrogen functional groups attached to an aromatic ring is 1. The zero-order chi connectivity index (χ0) is 13.6. The second-order valence-corrected chi connectivity index (χ2v) is 4.15. The molecule has 98 valence electrons. The molecule has 6 heteroatoms. The van der Waals surface area contributed by atoms with Gasteiger partial charge in [0, 0.05) is 11.6 Å². The number of hydrogen-bond acceptors (Lipinski definition) is 5. The lowest BCUT2D eigenvalue weighted by molar-refractivity contribution is 0.0927. The number of carbonyl (C=O) groups excluding carboxylic acids is 1. The largest absolute Gasteiger partial charge is 0.495 e. The SMILES string of the molecule is COc1c2ccoc2cc2oc(C(=O)NN)c(C)c12. The summed E-state index contributed by atoms with van der Waals surface area (Å²) < 4.78 is 16.3. The number of amides is 1. The second-order valence-electron chi connectivity index (χ2n) is 4.15. The number of nitrogens with two attached hydrogens (primary N) is 1. The second kappa shape index (κ2) is 4.03. The molecule has 2 aromatic heterocycles. The first kappa shape index (κ1) is 11.6. The van der Waals surface area contributed by atoms with E-state index in [1.807, 2.05) is 6.07 Å². The highest BCUT2D eigenvalue weighted by molar-refractivity contribution is 6.07. The van der Waals surface area contributed by atoms with Gasteiger partial charge in [-0.2, -0.15) is 0 Å². The first-order valence-electron chi connectivity index (χ1n) is 5.65. The van der Waals surface area contributed by atoms with E-state index in [0.717, 1.165) is 10.8 Å². The molecule has 19 heavy (non-hydrogen) atoms. The Bertz CT molecular complexity index is 785. The predicted molar refractivity (Wildman–Crippen MR) is 68.9 cm³/mol. The normalized spacial score (nSPS) is 11.1. The maximum atomic E-state index is 11.6. The van der Waals surface area contributed by atoms with Gasteiger partial charge >= 0.3 is 5.91 Å². The third kappa shape index (κ3) is 1.50. The lowest BCUT2D eigenvalue weighted by atomic mass is 10.1. The Hall–Kier alpha value is -2.47. The Balaban J connectivity index is 2.44. The highest BCUT2D eigenvalue weighted by atomic mass is 16.5. The van der Waals surface area contributed by atoms with Gasteiger partial charge in [-0.3, -0.25) is 10.2 Å². The number of benzene rings is 1. The van der Waals surface area contributed by atoms with Crippen LogP contribution in [-0.4, -0.2) is 13.0 Å². The highest BCUT2D eigenvalue weighted by Crippen LogP contribution is 2.39. The van der Waals surface area contributed by atoms with Crippen LogP contribution >= 0.6 is 0 Å². The van der Waals surface area contributed by atoms with Crippen LogP contribution in [0.2, 0.25) is 0 Å². The third-order valence-electron chi connectivity index (χ3n) is 3.14. The molecule has 0 saturated heterocycles. The fourth-order valence-electron chi connectivity index (χ4n) is 2.29. The van der Waals surface area contributed by atoms with E-state index in [9.17, 15) is 4.79 Å². The van der Waals surface area contributed by atoms with E-state index < -0.39 is 5.91 Å². The van der Waals surface area contributed by atoms with Crippen LogP contribution in [0.15, 0.2) is 27.2 Å². The Labute approximate surface area is 108 Å². The summed E-state index contributed by atoms with van der Waals surface area (Å²) in [4.78, 5) is 11.6. The predicted octanol–water partition coefficient (Wildman–Crippen LogP) is 2.10. The summed E-state index contributed by atoms with van der Waals surface area (Å²) in [7, 11) is 1.57. The number of hydrogen-bond donors (Lipinski definition) is 2. The molecule has 2 heterocycles. The summed E-state index contributed by atoms with van der Waals surface area (Å²) in [5.41, 5.74) is 3.90. The molecule has 1 aromatic carbocycles. The Kier molecular flexibility index (Phi) is 2.46. The summed E-state index contributed by atoms with van der Waals surface area (Å²) in [6, 6.07) is 3.54. The average Bonchev–Trinajstić information content (AvgIpc) is 3.00. The first-order chi connectivity index (χ1) is 9.17. The molecule has 3 N–H and O–H groups in total. The van der Waals surface area contributed by atoms with Crippen LogP contribution in [0.25, 0.3) is 21.9 Å². The quantitative estimate of drug-likeness (QED) is 0.418. The molecule has 0 unspecified atom stereocenters. The standard InChI is InChI=1S/C13H12N2O4/c1-6-10-9(19-11(6)13(16)15-14)5-8-7(3-4-18-8)12(10)17-2/h3-5H,14H2,1-2H3,(H,15,16). The molecule has 0 radical (unpaired) electrons. The zero-order valence-electron chi connectivity index (χ0n) is 10.4. The van der Waals surface area contributed by atoms with Gasteiger partial charge in [0.2, 0.25) is 0 Å². The van der Waals surface area contributed by atoms with E-state index in [1.54, 1.807) is 26.4 Å². The number of hydrazine groups is 1. The fourth-order valence-corrected chi connectivity index (χ4v) is 2.29. The molecule has 3 rings (SSSR count). The minimum Gasteiger partial charge on any atom is -0.495 e. The number of methoxy groups -OCH3 is 1. The van der Waals surface area contributed by atoms with Crippen LogP contribution in [0.1, 0.15) is 16.1 Å². The minimum atomic E-state index is -0.479. The van der Waals surface area contributed by atoms with E-state index in [1.165, 1.54) is 0 Å². The van der Waals surface area contributed by atoms with Gasteiger partial charge in [-0.25, -0.2) is 5.84 Å². The van der Waals surface area contributed by atoms with Gasteiger partial charge in [0.05, 0.1) is 24.1 Å². The molecule has 0 spiro atoms. The number of rotatable bonds is 2. The first-order valence-corrected chi connectivity index (χ1v) is 5.65. The van der Waals surface area contributed by atoms with Crippen molar-refractivity contribution in [3.05, 3.63) is 29.7 Å². The highest BCUT2D eigenvalue weighted by Gasteiger charge is 2.22. The van der Waals surface area contributed by atoms with Crippen LogP contribution in [-0.2, 0) is 0 Å². The van der Waals surface area contributed by atoms with Gasteiger partial charge in [-0.05, 0) is 13.0 Å². The maximum absolute atomic E-state index is 11.6. The van der Waals surface area contributed by atoms with Crippen molar-refractivity contribution in [2.45, 2.75) is 6.92 Å². The van der Waals surface area contributed by atoms with Gasteiger partial charge in [-0.15, -0.1) is 0 Å². The van der Waals surface area contributed by atoms with Crippen LogP contribution in [0, 0.1) is 6.92 Å². The molecule has 3 aromatic rings. The Morgan fingerprint density at radius 1 is 1.42 bits per heavy atom. The minimum absolute atomic E-state index is 0.170. The summed E-state index contributed by atoms with van der Waals surface area (Å²) in [6.45, 7) is 1.78. The number of fused-ring (bicyclic) bond motifs is 2. The topological polar surface area (TPSA) is 90.6 Å². The summed E-state index contributed by atoms with van der Waals surface area (Å²) in [6.07, 6.45) is 1.58. The molecule has 0 saturated carbocycles. The Morgan fingerprint density at radius 3 is 2.89 bits per heavy atom. The van der Waals surface area contributed by atoms with Crippen LogP contribution < -0.4 is 16.0 Å². The van der Waals surface area contributed by atoms with Crippen molar-refractivity contribution < 1.29 is 18.4 Å². The molecule has 1 amide bonds. The van der Waals surface area contributed by atoms with E-state index in [2.05, 4.69) is 5.43 Å². The van der Waals surface area contributed by atoms with Crippen molar-refractivity contribution in [2.75, 3.05) is 7.11 Å². The average molecular weight is 260 g/mol. The van der Waals surface area contributed by atoms with Crippen molar-refractivity contribution in [1.82, 2.24) is 5.43 Å². The molecule has 6 nitrogen and oxygen atoms in total. The molecule has 0 aliphatic carbocycles. The lowest BCUT2D eigenvalue weighted by Gasteiger charge is -2.03. The van der Waals surface area contributed by atoms with Gasteiger partial charge in [-0.1, -0.05) is 0 Å². The number of carbonyl (C=O) groups is 1. The lowest BCUT2D eigenvalue weighted by Crippen LogP contribution is -2.30. The monoisotopic (exact) mass is 260 g/mol. The summed E-state index contributed by atoms with van der Waals surface area (Å²) >= 11 is 0. The van der Waals surface area contributed by atoms with Crippen molar-refractivity contribution in [3.8, 4) is 5.75 Å². The van der Waals surface area contributed by atoms with Crippen LogP contribution in [0.4, 0.5) is 0 Å². The van der Waals surface area contributed by atoms with E-state index in [-0.39, 0.29) is 5.76 Å². The number of aryl methyl sites for hydroxylation is 1. The van der Waals surface area contributed by atoms with Gasteiger partial charge in [0.15, 0.2) is 5.76 Å². The molecule has 0 atom stereocenters. The fraction of sp³-hybridized carbons (Fsp3) is 0.154. The van der Waals surface area contributed by atoms with Crippen LogP contribution in [0.3, 0.4) is 0 Å². The number of nitrogens with one attached hydrogen (secondary N) is 1. The van der Waals surface area contributed by atoms with Crippen LogP contribution in [0.5, 0.6) is 5.75 Å². The molecule has 0 aliphatic rings. The number of furan rings is 2. The molecular formula is C13H12N2O4. The summed E-state index contributed by atoms with van der Waals surface area (Å²) in [5, 5.41) is 1.58. The van der Waals surface area contributed by atoms with E-state index in [0.29, 0.717) is 22.5 Å². The van der Waals surface area contributed by atoms with Gasteiger partial charge in [0.25, 0.3) is 0 Å². The van der Waals surface area contributed by atoms with Gasteiger partial charge in [0.1, 0.15) is 16.9 Å². The molecule has 0 aliphatic heterocycles. The maximum Gasteiger partial charge on any atom is 0.301 e.